The van der Waals surface area contributed by atoms with Crippen molar-refractivity contribution in [2.75, 3.05) is 13.6 Å². The summed E-state index contributed by atoms with van der Waals surface area (Å²) in [5, 5.41) is 10.2. The van der Waals surface area contributed by atoms with E-state index >= 15 is 0 Å². The highest BCUT2D eigenvalue weighted by Gasteiger charge is 2.33. The number of nitrogens with one attached hydrogen (secondary N) is 2. The molecule has 3 rings (SSSR count). The molecular weight excluding hydrogens is 398 g/mol. The van der Waals surface area contributed by atoms with Gasteiger partial charge in [0.15, 0.2) is 5.96 Å². The number of hydrogen-bond acceptors (Lipinski definition) is 2. The molecule has 0 unspecified atom stereocenters. The van der Waals surface area contributed by atoms with Gasteiger partial charge in [0.1, 0.15) is 5.82 Å². The van der Waals surface area contributed by atoms with E-state index in [-0.39, 0.29) is 12.1 Å². The number of benzene rings is 2. The molecule has 0 amide bonds. The third-order valence-corrected chi connectivity index (χ3v) is 4.41. The Kier molecular flexibility index (Phi) is 6.71. The number of alkyl halides is 3. The Morgan fingerprint density at radius 3 is 2.57 bits per heavy atom. The SMILES string of the molecule is CN=C(NCCc1cnn(-c2ccccc2)c1)NCc1ccc(F)cc1C(F)(F)F. The fourth-order valence-corrected chi connectivity index (χ4v) is 2.90. The first-order chi connectivity index (χ1) is 14.4. The molecule has 0 aliphatic rings. The van der Waals surface area contributed by atoms with Gasteiger partial charge in [0.25, 0.3) is 0 Å². The van der Waals surface area contributed by atoms with E-state index in [0.29, 0.717) is 25.0 Å². The summed E-state index contributed by atoms with van der Waals surface area (Å²) >= 11 is 0. The van der Waals surface area contributed by atoms with Crippen molar-refractivity contribution in [2.45, 2.75) is 19.1 Å². The Bertz CT molecular complexity index is 996. The van der Waals surface area contributed by atoms with Gasteiger partial charge in [-0.3, -0.25) is 4.99 Å². The van der Waals surface area contributed by atoms with Crippen molar-refractivity contribution in [1.29, 1.82) is 0 Å². The molecule has 1 heterocycles. The number of hydrogen-bond donors (Lipinski definition) is 2. The second-order valence-corrected chi connectivity index (χ2v) is 6.53. The number of guanidine groups is 1. The Hall–Kier alpha value is -3.36. The fraction of sp³-hybridized carbons (Fsp3) is 0.238. The Morgan fingerprint density at radius 1 is 1.10 bits per heavy atom. The van der Waals surface area contributed by atoms with E-state index in [2.05, 4.69) is 20.7 Å². The van der Waals surface area contributed by atoms with Crippen molar-refractivity contribution in [3.63, 3.8) is 0 Å². The van der Waals surface area contributed by atoms with Gasteiger partial charge in [-0.25, -0.2) is 9.07 Å². The van der Waals surface area contributed by atoms with Crippen LogP contribution in [0.5, 0.6) is 0 Å². The maximum Gasteiger partial charge on any atom is 0.416 e. The summed E-state index contributed by atoms with van der Waals surface area (Å²) in [6, 6.07) is 12.3. The molecular formula is C21H21F4N5. The number of aliphatic imine (C=N–C) groups is 1. The Labute approximate surface area is 171 Å². The van der Waals surface area contributed by atoms with Crippen LogP contribution in [0.2, 0.25) is 0 Å². The maximum atomic E-state index is 13.2. The normalized spacial score (nSPS) is 12.1. The van der Waals surface area contributed by atoms with Crippen LogP contribution in [-0.4, -0.2) is 29.3 Å². The molecule has 0 aliphatic carbocycles. The number of rotatable bonds is 6. The van der Waals surface area contributed by atoms with Crippen molar-refractivity contribution >= 4 is 5.96 Å². The minimum absolute atomic E-state index is 0.0593. The van der Waals surface area contributed by atoms with Gasteiger partial charge >= 0.3 is 6.18 Å². The minimum Gasteiger partial charge on any atom is -0.356 e. The molecule has 0 spiro atoms. The van der Waals surface area contributed by atoms with Crippen LogP contribution in [0.1, 0.15) is 16.7 Å². The predicted molar refractivity (Wildman–Crippen MR) is 107 cm³/mol. The van der Waals surface area contributed by atoms with Gasteiger partial charge < -0.3 is 10.6 Å². The van der Waals surface area contributed by atoms with Crippen LogP contribution in [0, 0.1) is 5.82 Å². The number of halogens is 4. The molecule has 158 valence electrons. The quantitative estimate of drug-likeness (QED) is 0.362. The number of aromatic nitrogens is 2. The highest BCUT2D eigenvalue weighted by Crippen LogP contribution is 2.32. The summed E-state index contributed by atoms with van der Waals surface area (Å²) in [6.45, 7) is 0.371. The van der Waals surface area contributed by atoms with E-state index in [9.17, 15) is 17.6 Å². The van der Waals surface area contributed by atoms with Crippen LogP contribution in [0.3, 0.4) is 0 Å². The largest absolute Gasteiger partial charge is 0.416 e. The zero-order valence-electron chi connectivity index (χ0n) is 16.2. The summed E-state index contributed by atoms with van der Waals surface area (Å²) in [4.78, 5) is 4.01. The zero-order valence-corrected chi connectivity index (χ0v) is 16.2. The van der Waals surface area contributed by atoms with E-state index in [4.69, 9.17) is 0 Å². The smallest absolute Gasteiger partial charge is 0.356 e. The zero-order chi connectivity index (χ0) is 21.6. The molecule has 2 aromatic carbocycles. The van der Waals surface area contributed by atoms with E-state index < -0.39 is 17.6 Å². The molecule has 2 N–H and O–H groups in total. The highest BCUT2D eigenvalue weighted by atomic mass is 19.4. The average Bonchev–Trinajstić information content (AvgIpc) is 3.20. The molecule has 5 nitrogen and oxygen atoms in total. The summed E-state index contributed by atoms with van der Waals surface area (Å²) in [5.74, 6) is -0.576. The molecule has 0 radical (unpaired) electrons. The lowest BCUT2D eigenvalue weighted by Crippen LogP contribution is -2.38. The highest BCUT2D eigenvalue weighted by molar-refractivity contribution is 5.79. The van der Waals surface area contributed by atoms with E-state index in [1.807, 2.05) is 36.5 Å². The Morgan fingerprint density at radius 2 is 1.87 bits per heavy atom. The van der Waals surface area contributed by atoms with Gasteiger partial charge in [-0.1, -0.05) is 24.3 Å². The van der Waals surface area contributed by atoms with Crippen molar-refractivity contribution in [2.24, 2.45) is 4.99 Å². The fourth-order valence-electron chi connectivity index (χ4n) is 2.90. The molecule has 0 fully saturated rings. The second-order valence-electron chi connectivity index (χ2n) is 6.53. The van der Waals surface area contributed by atoms with Crippen molar-refractivity contribution in [3.05, 3.63) is 83.4 Å². The van der Waals surface area contributed by atoms with Gasteiger partial charge in [0, 0.05) is 26.3 Å². The van der Waals surface area contributed by atoms with Crippen LogP contribution in [0.15, 0.2) is 65.9 Å². The van der Waals surface area contributed by atoms with Crippen LogP contribution >= 0.6 is 0 Å². The monoisotopic (exact) mass is 419 g/mol. The van der Waals surface area contributed by atoms with Gasteiger partial charge in [-0.15, -0.1) is 0 Å². The van der Waals surface area contributed by atoms with Gasteiger partial charge in [-0.05, 0) is 41.8 Å². The third-order valence-electron chi connectivity index (χ3n) is 4.41. The van der Waals surface area contributed by atoms with Crippen LogP contribution in [-0.2, 0) is 19.1 Å². The van der Waals surface area contributed by atoms with Crippen molar-refractivity contribution in [3.8, 4) is 5.69 Å². The first-order valence-corrected chi connectivity index (χ1v) is 9.26. The summed E-state index contributed by atoms with van der Waals surface area (Å²) in [5.41, 5.74) is 0.892. The van der Waals surface area contributed by atoms with E-state index in [0.717, 1.165) is 23.4 Å². The minimum atomic E-state index is -4.63. The first kappa shape index (κ1) is 21.4. The topological polar surface area (TPSA) is 54.2 Å². The average molecular weight is 419 g/mol. The lowest BCUT2D eigenvalue weighted by atomic mass is 10.1. The first-order valence-electron chi connectivity index (χ1n) is 9.26. The second kappa shape index (κ2) is 9.43. The van der Waals surface area contributed by atoms with E-state index in [1.54, 1.807) is 10.9 Å². The molecule has 3 aromatic rings. The standard InChI is InChI=1S/C21H21F4N5/c1-26-20(28-13-16-7-8-17(22)11-19(16)21(23,24)25)27-10-9-15-12-29-30(14-15)18-5-3-2-4-6-18/h2-8,11-12,14H,9-10,13H2,1H3,(H2,26,27,28). The lowest BCUT2D eigenvalue weighted by Gasteiger charge is -2.15. The van der Waals surface area contributed by atoms with Crippen LogP contribution < -0.4 is 10.6 Å². The molecule has 0 aliphatic heterocycles. The molecule has 0 bridgehead atoms. The van der Waals surface area contributed by atoms with Gasteiger partial charge in [0.05, 0.1) is 17.4 Å². The van der Waals surface area contributed by atoms with Gasteiger partial charge in [-0.2, -0.15) is 18.3 Å². The lowest BCUT2D eigenvalue weighted by molar-refractivity contribution is -0.138. The molecule has 1 aromatic heterocycles. The summed E-state index contributed by atoms with van der Waals surface area (Å²) in [7, 11) is 1.53. The molecule has 0 atom stereocenters. The molecule has 0 saturated carbocycles. The Balaban J connectivity index is 1.53. The maximum absolute atomic E-state index is 13.2. The van der Waals surface area contributed by atoms with Gasteiger partial charge in [0.2, 0.25) is 0 Å². The van der Waals surface area contributed by atoms with Crippen LogP contribution in [0.25, 0.3) is 5.69 Å². The third kappa shape index (κ3) is 5.59. The molecule has 0 saturated heterocycles. The van der Waals surface area contributed by atoms with Crippen LogP contribution in [0.4, 0.5) is 17.6 Å². The van der Waals surface area contributed by atoms with E-state index in [1.165, 1.54) is 7.05 Å². The predicted octanol–water partition coefficient (Wildman–Crippen LogP) is 3.94. The molecule has 9 heteroatoms. The van der Waals surface area contributed by atoms with Crippen molar-refractivity contribution in [1.82, 2.24) is 20.4 Å². The summed E-state index contributed by atoms with van der Waals surface area (Å²) in [6.07, 6.45) is -0.298. The number of para-hydroxylation sites is 1. The molecule has 30 heavy (non-hydrogen) atoms. The van der Waals surface area contributed by atoms with Crippen molar-refractivity contribution < 1.29 is 17.6 Å². The number of nitrogens with zero attached hydrogens (tertiary/aromatic N) is 3. The summed E-state index contributed by atoms with van der Waals surface area (Å²) < 4.78 is 54.3.